The molecule has 28 heavy (non-hydrogen) atoms. The van der Waals surface area contributed by atoms with Gasteiger partial charge in [0.2, 0.25) is 0 Å². The minimum absolute atomic E-state index is 0.0887. The maximum absolute atomic E-state index is 12.1. The lowest BCUT2D eigenvalue weighted by Gasteiger charge is -2.38. The van der Waals surface area contributed by atoms with Crippen LogP contribution in [-0.4, -0.2) is 48.1 Å². The highest BCUT2D eigenvalue weighted by Crippen LogP contribution is 2.36. The van der Waals surface area contributed by atoms with Crippen molar-refractivity contribution in [1.29, 1.82) is 5.26 Å². The number of β-amino-alcohol motifs (C(OH)–C–C–N with tert-alkyl or cyclic N) is 1. The van der Waals surface area contributed by atoms with Gasteiger partial charge in [-0.05, 0) is 39.3 Å². The van der Waals surface area contributed by atoms with E-state index in [9.17, 15) is 25.1 Å². The van der Waals surface area contributed by atoms with E-state index in [-0.39, 0.29) is 22.8 Å². The Labute approximate surface area is 167 Å². The molecular formula is C18H22ClN4O5-. The van der Waals surface area contributed by atoms with Gasteiger partial charge in [0.25, 0.3) is 0 Å². The molecule has 0 saturated carbocycles. The smallest absolute Gasteiger partial charge is 0.412 e. The molecule has 2 atom stereocenters. The van der Waals surface area contributed by atoms with E-state index in [0.717, 1.165) is 0 Å². The number of carbonyl (C=O) groups excluding carboxylic acids is 2. The van der Waals surface area contributed by atoms with Crippen molar-refractivity contribution in [2.45, 2.75) is 44.9 Å². The summed E-state index contributed by atoms with van der Waals surface area (Å²) in [5.41, 5.74) is 0.201. The Hall–Kier alpha value is -2.70. The van der Waals surface area contributed by atoms with Gasteiger partial charge in [-0.2, -0.15) is 5.26 Å². The summed E-state index contributed by atoms with van der Waals surface area (Å²) in [6.07, 6.45) is -2.84. The first-order chi connectivity index (χ1) is 13.0. The molecular weight excluding hydrogens is 388 g/mol. The van der Waals surface area contributed by atoms with Gasteiger partial charge < -0.3 is 30.0 Å². The molecule has 1 saturated heterocycles. The van der Waals surface area contributed by atoms with Gasteiger partial charge in [0.1, 0.15) is 11.7 Å². The molecule has 1 aliphatic rings. The number of ether oxygens (including phenoxy) is 1. The third-order valence-electron chi connectivity index (χ3n) is 4.04. The molecule has 1 heterocycles. The normalized spacial score (nSPS) is 19.5. The van der Waals surface area contributed by atoms with Crippen LogP contribution in [0.15, 0.2) is 12.1 Å². The van der Waals surface area contributed by atoms with Gasteiger partial charge in [-0.15, -0.1) is 0 Å². The molecule has 3 N–H and O–H groups in total. The minimum Gasteiger partial charge on any atom is -0.530 e. The third kappa shape index (κ3) is 5.65. The second-order valence-electron chi connectivity index (χ2n) is 7.44. The molecule has 2 amide bonds. The van der Waals surface area contributed by atoms with Gasteiger partial charge in [-0.25, -0.2) is 4.79 Å². The average molecular weight is 410 g/mol. The summed E-state index contributed by atoms with van der Waals surface area (Å²) >= 11 is 6.43. The van der Waals surface area contributed by atoms with E-state index in [1.165, 1.54) is 6.07 Å². The molecule has 0 unspecified atom stereocenters. The third-order valence-corrected chi connectivity index (χ3v) is 4.44. The zero-order chi connectivity index (χ0) is 21.1. The van der Waals surface area contributed by atoms with Crippen LogP contribution in [0.25, 0.3) is 0 Å². The summed E-state index contributed by atoms with van der Waals surface area (Å²) in [4.78, 5) is 24.5. The van der Waals surface area contributed by atoms with Gasteiger partial charge in [-0.1, -0.05) is 11.6 Å². The Bertz CT molecular complexity index is 802. The van der Waals surface area contributed by atoms with Gasteiger partial charge in [0, 0.05) is 13.1 Å². The molecule has 1 aromatic rings. The maximum atomic E-state index is 12.1. The highest BCUT2D eigenvalue weighted by molar-refractivity contribution is 6.36. The summed E-state index contributed by atoms with van der Waals surface area (Å²) < 4.78 is 5.21. The van der Waals surface area contributed by atoms with E-state index >= 15 is 0 Å². The van der Waals surface area contributed by atoms with E-state index < -0.39 is 29.9 Å². The van der Waals surface area contributed by atoms with Gasteiger partial charge >= 0.3 is 6.09 Å². The monoisotopic (exact) mass is 409 g/mol. The second kappa shape index (κ2) is 8.54. The van der Waals surface area contributed by atoms with Crippen molar-refractivity contribution in [3.8, 4) is 6.07 Å². The first kappa shape index (κ1) is 21.6. The number of benzene rings is 1. The molecule has 9 nitrogen and oxygen atoms in total. The fraction of sp³-hybridized carbons (Fsp3) is 0.500. The fourth-order valence-electron chi connectivity index (χ4n) is 2.88. The predicted molar refractivity (Wildman–Crippen MR) is 101 cm³/mol. The number of aliphatic hydroxyl groups is 1. The van der Waals surface area contributed by atoms with Gasteiger partial charge in [-0.3, -0.25) is 5.32 Å². The highest BCUT2D eigenvalue weighted by atomic mass is 35.5. The summed E-state index contributed by atoms with van der Waals surface area (Å²) in [6, 6.07) is 4.32. The first-order valence-electron chi connectivity index (χ1n) is 8.64. The lowest BCUT2D eigenvalue weighted by atomic mass is 10.0. The van der Waals surface area contributed by atoms with E-state index in [0.29, 0.717) is 18.7 Å². The number of carbonyl (C=O) groups is 2. The first-order valence-corrected chi connectivity index (χ1v) is 9.02. The summed E-state index contributed by atoms with van der Waals surface area (Å²) in [5.74, 6) is 0. The van der Waals surface area contributed by atoms with Crippen LogP contribution in [0.3, 0.4) is 0 Å². The number of rotatable bonds is 3. The Morgan fingerprint density at radius 3 is 2.64 bits per heavy atom. The standard InChI is InChI=1S/C18H23ClN4O5/c1-18(2,3)28-17(27)22-12-6-10(8-20)7-13(15(12)19)23-5-4-11(14(24)9-23)21-16(25)26/h6-7,11,14,21,24H,4-5,9H2,1-3H3,(H,22,27)(H,25,26)/p-1/t11-,14-/m1/s1. The largest absolute Gasteiger partial charge is 0.530 e. The molecule has 0 spiro atoms. The van der Waals surface area contributed by atoms with E-state index in [2.05, 4.69) is 10.6 Å². The minimum atomic E-state index is -1.45. The molecule has 0 radical (unpaired) electrons. The lowest BCUT2D eigenvalue weighted by Crippen LogP contribution is -2.56. The summed E-state index contributed by atoms with van der Waals surface area (Å²) in [7, 11) is 0. The number of carboxylic acid groups (broad SMARTS) is 1. The van der Waals surface area contributed by atoms with Crippen LogP contribution in [0.1, 0.15) is 32.8 Å². The highest BCUT2D eigenvalue weighted by Gasteiger charge is 2.29. The number of hydrogen-bond acceptors (Lipinski definition) is 7. The molecule has 1 fully saturated rings. The zero-order valence-corrected chi connectivity index (χ0v) is 16.5. The van der Waals surface area contributed by atoms with Crippen molar-refractivity contribution >= 4 is 35.2 Å². The number of hydrogen-bond donors (Lipinski definition) is 3. The molecule has 2 rings (SSSR count). The van der Waals surface area contributed by atoms with Crippen molar-refractivity contribution in [1.82, 2.24) is 5.32 Å². The average Bonchev–Trinajstić information content (AvgIpc) is 2.56. The van der Waals surface area contributed by atoms with Crippen LogP contribution in [0.4, 0.5) is 21.0 Å². The molecule has 0 bridgehead atoms. The molecule has 0 aromatic heterocycles. The van der Waals surface area contributed by atoms with Crippen LogP contribution in [0, 0.1) is 11.3 Å². The number of aliphatic hydroxyl groups excluding tert-OH is 1. The number of nitrogens with one attached hydrogen (secondary N) is 2. The Kier molecular flexibility index (Phi) is 6.59. The Balaban J connectivity index is 2.25. The van der Waals surface area contributed by atoms with Crippen molar-refractivity contribution in [3.05, 3.63) is 22.7 Å². The van der Waals surface area contributed by atoms with Crippen LogP contribution >= 0.6 is 11.6 Å². The number of nitrogens with zero attached hydrogens (tertiary/aromatic N) is 2. The van der Waals surface area contributed by atoms with Crippen molar-refractivity contribution in [2.24, 2.45) is 0 Å². The summed E-state index contributed by atoms with van der Waals surface area (Å²) in [5, 5.41) is 35.1. The molecule has 10 heteroatoms. The summed E-state index contributed by atoms with van der Waals surface area (Å²) in [6.45, 7) is 5.63. The number of nitriles is 1. The Morgan fingerprint density at radius 2 is 2.11 bits per heavy atom. The van der Waals surface area contributed by atoms with E-state index in [1.807, 2.05) is 6.07 Å². The van der Waals surface area contributed by atoms with Gasteiger partial charge in [0.15, 0.2) is 0 Å². The molecule has 1 aliphatic heterocycles. The number of halogens is 1. The number of anilines is 2. The zero-order valence-electron chi connectivity index (χ0n) is 15.8. The van der Waals surface area contributed by atoms with Crippen LogP contribution < -0.4 is 20.6 Å². The molecule has 152 valence electrons. The van der Waals surface area contributed by atoms with Crippen LogP contribution in [-0.2, 0) is 4.74 Å². The van der Waals surface area contributed by atoms with Crippen molar-refractivity contribution in [2.75, 3.05) is 23.3 Å². The van der Waals surface area contributed by atoms with Crippen LogP contribution in [0.2, 0.25) is 5.02 Å². The fourth-order valence-corrected chi connectivity index (χ4v) is 3.15. The molecule has 0 aliphatic carbocycles. The lowest BCUT2D eigenvalue weighted by molar-refractivity contribution is -0.252. The Morgan fingerprint density at radius 1 is 1.43 bits per heavy atom. The second-order valence-corrected chi connectivity index (χ2v) is 7.81. The van der Waals surface area contributed by atoms with E-state index in [1.54, 1.807) is 31.7 Å². The molecule has 1 aromatic carbocycles. The SMILES string of the molecule is CC(C)(C)OC(=O)Nc1cc(C#N)cc(N2CC[C@@H](NC(=O)[O-])[C@H](O)C2)c1Cl. The number of piperidine rings is 1. The number of amides is 2. The topological polar surface area (TPSA) is 138 Å². The van der Waals surface area contributed by atoms with Crippen molar-refractivity contribution < 1.29 is 24.5 Å². The predicted octanol–water partition coefficient (Wildman–Crippen LogP) is 1.43. The van der Waals surface area contributed by atoms with Crippen LogP contribution in [0.5, 0.6) is 0 Å². The van der Waals surface area contributed by atoms with E-state index in [4.69, 9.17) is 16.3 Å². The van der Waals surface area contributed by atoms with Gasteiger partial charge in [0.05, 0.1) is 40.2 Å². The quantitative estimate of drug-likeness (QED) is 0.686. The maximum Gasteiger partial charge on any atom is 0.412 e. The van der Waals surface area contributed by atoms with Crippen molar-refractivity contribution in [3.63, 3.8) is 0 Å².